The number of benzene rings is 2. The molecule has 0 atom stereocenters. The Morgan fingerprint density at radius 3 is 2.62 bits per heavy atom. The van der Waals surface area contributed by atoms with Gasteiger partial charge < -0.3 is 10.1 Å². The van der Waals surface area contributed by atoms with Crippen molar-refractivity contribution in [1.29, 1.82) is 0 Å². The number of hydrogen-bond donors (Lipinski definition) is 2. The Balaban J connectivity index is 1.50. The lowest BCUT2D eigenvalue weighted by atomic mass is 9.96. The molecule has 0 saturated heterocycles. The highest BCUT2D eigenvalue weighted by molar-refractivity contribution is 7.74. The molecule has 1 saturated carbocycles. The summed E-state index contributed by atoms with van der Waals surface area (Å²) in [5.74, 6) is -0.661. The van der Waals surface area contributed by atoms with Crippen LogP contribution in [0.2, 0.25) is 5.02 Å². The van der Waals surface area contributed by atoms with Crippen LogP contribution in [0.3, 0.4) is 0 Å². The summed E-state index contributed by atoms with van der Waals surface area (Å²) in [6.07, 6.45) is 8.30. The van der Waals surface area contributed by atoms with Crippen LogP contribution in [0.15, 0.2) is 54.7 Å². The monoisotopic (exact) mass is 540 g/mol. The molecule has 2 aromatic carbocycles. The molecular formula is C26H24ClFN5O3S. The molecule has 1 fully saturated rings. The second-order valence-electron chi connectivity index (χ2n) is 8.60. The molecule has 1 aliphatic carbocycles. The second-order valence-corrected chi connectivity index (χ2v) is 9.89. The molecule has 1 N–H and O–H groups in total. The van der Waals surface area contributed by atoms with Crippen LogP contribution >= 0.6 is 11.6 Å². The van der Waals surface area contributed by atoms with Gasteiger partial charge >= 0.3 is 0 Å². The number of ether oxygens (including phenoxy) is 1. The van der Waals surface area contributed by atoms with Gasteiger partial charge in [-0.15, -0.1) is 0 Å². The number of hydrogen-bond acceptors (Lipinski definition) is 7. The van der Waals surface area contributed by atoms with E-state index in [2.05, 4.69) is 26.7 Å². The minimum absolute atomic E-state index is 0.0537. The fourth-order valence-corrected chi connectivity index (χ4v) is 5.33. The number of fused-ring (bicyclic) bond motifs is 1. The molecule has 0 aliphatic heterocycles. The van der Waals surface area contributed by atoms with Crippen molar-refractivity contribution < 1.29 is 17.5 Å². The fourth-order valence-electron chi connectivity index (χ4n) is 4.40. The Bertz CT molecular complexity index is 1520. The first-order chi connectivity index (χ1) is 17.9. The third-order valence-electron chi connectivity index (χ3n) is 6.22. The summed E-state index contributed by atoms with van der Waals surface area (Å²) in [5.41, 5.74) is 1.79. The van der Waals surface area contributed by atoms with Gasteiger partial charge in [0.15, 0.2) is 11.6 Å². The number of anilines is 3. The van der Waals surface area contributed by atoms with E-state index in [4.69, 9.17) is 16.3 Å². The lowest BCUT2D eigenvalue weighted by molar-refractivity contribution is 0.398. The first-order valence-corrected chi connectivity index (χ1v) is 13.2. The van der Waals surface area contributed by atoms with Gasteiger partial charge in [0.2, 0.25) is 22.7 Å². The van der Waals surface area contributed by atoms with E-state index in [1.807, 2.05) is 12.1 Å². The number of halogens is 2. The van der Waals surface area contributed by atoms with Gasteiger partial charge in [0.05, 0.1) is 23.3 Å². The Morgan fingerprint density at radius 2 is 1.89 bits per heavy atom. The lowest BCUT2D eigenvalue weighted by Crippen LogP contribution is -2.23. The number of nitrogens with zero attached hydrogens (tertiary/aromatic N) is 4. The van der Waals surface area contributed by atoms with Crippen molar-refractivity contribution in [3.8, 4) is 17.0 Å². The summed E-state index contributed by atoms with van der Waals surface area (Å²) in [4.78, 5) is 13.3. The van der Waals surface area contributed by atoms with Crippen LogP contribution in [-0.4, -0.2) is 36.5 Å². The van der Waals surface area contributed by atoms with E-state index < -0.39 is 22.5 Å². The standard InChI is InChI=1S/C26H24ClFN5O3S/c1-36-25-19(14-21(28)24(32-25)33(37(34)35)23-10-6-5-9-20(23)27)16-11-12-22-17(13-16)15-29-26(31-22)30-18-7-3-2-4-8-18/h2,5-6,9-15,18,37H,3-4,7-8H2,1H3,(H,29,30,31). The summed E-state index contributed by atoms with van der Waals surface area (Å²) in [5, 5.41) is 4.29. The van der Waals surface area contributed by atoms with Crippen LogP contribution in [0.4, 0.5) is 21.8 Å². The number of para-hydroxylation sites is 1. The number of thiol groups is 1. The predicted octanol–water partition coefficient (Wildman–Crippen LogP) is 5.72. The Kier molecular flexibility index (Phi) is 7.38. The molecule has 37 heavy (non-hydrogen) atoms. The number of rotatable bonds is 7. The van der Waals surface area contributed by atoms with Crippen molar-refractivity contribution in [2.75, 3.05) is 16.7 Å². The summed E-state index contributed by atoms with van der Waals surface area (Å²) in [6.45, 7) is 0. The van der Waals surface area contributed by atoms with Gasteiger partial charge in [0, 0.05) is 23.2 Å². The van der Waals surface area contributed by atoms with E-state index in [-0.39, 0.29) is 16.6 Å². The van der Waals surface area contributed by atoms with Crippen LogP contribution in [0.1, 0.15) is 25.7 Å². The highest BCUT2D eigenvalue weighted by Crippen LogP contribution is 2.38. The third-order valence-corrected chi connectivity index (χ3v) is 7.27. The number of nitrogens with one attached hydrogen (secondary N) is 1. The van der Waals surface area contributed by atoms with Crippen molar-refractivity contribution in [3.63, 3.8) is 0 Å². The van der Waals surface area contributed by atoms with E-state index >= 15 is 4.39 Å². The summed E-state index contributed by atoms with van der Waals surface area (Å²) >= 11 is 6.18. The molecule has 1 radical (unpaired) electrons. The highest BCUT2D eigenvalue weighted by atomic mass is 35.5. The van der Waals surface area contributed by atoms with E-state index in [1.54, 1.807) is 24.4 Å². The first-order valence-electron chi connectivity index (χ1n) is 11.7. The normalized spacial score (nSPS) is 14.2. The van der Waals surface area contributed by atoms with E-state index in [0.29, 0.717) is 23.1 Å². The molecule has 2 heterocycles. The van der Waals surface area contributed by atoms with Crippen LogP contribution in [0.5, 0.6) is 5.88 Å². The lowest BCUT2D eigenvalue weighted by Gasteiger charge is -2.22. The van der Waals surface area contributed by atoms with Crippen LogP contribution < -0.4 is 14.4 Å². The van der Waals surface area contributed by atoms with Crippen molar-refractivity contribution >= 4 is 50.8 Å². The Morgan fingerprint density at radius 1 is 1.11 bits per heavy atom. The van der Waals surface area contributed by atoms with Gasteiger partial charge in [0.25, 0.3) is 0 Å². The topological polar surface area (TPSA) is 97.3 Å². The minimum atomic E-state index is -3.30. The van der Waals surface area contributed by atoms with E-state index in [0.717, 1.165) is 40.9 Å². The fraction of sp³-hybridized carbons (Fsp3) is 0.231. The molecule has 1 aliphatic rings. The van der Waals surface area contributed by atoms with Gasteiger partial charge in [-0.3, -0.25) is 0 Å². The molecule has 191 valence electrons. The van der Waals surface area contributed by atoms with Crippen LogP contribution in [-0.2, 0) is 10.9 Å². The smallest absolute Gasteiger partial charge is 0.230 e. The van der Waals surface area contributed by atoms with Gasteiger partial charge in [-0.2, -0.15) is 4.98 Å². The quantitative estimate of drug-likeness (QED) is 0.289. The van der Waals surface area contributed by atoms with Crippen LogP contribution in [0, 0.1) is 12.2 Å². The van der Waals surface area contributed by atoms with Crippen molar-refractivity contribution in [2.24, 2.45) is 0 Å². The van der Waals surface area contributed by atoms with Crippen LogP contribution in [0.25, 0.3) is 22.0 Å². The molecule has 0 amide bonds. The van der Waals surface area contributed by atoms with Gasteiger partial charge in [-0.25, -0.2) is 27.1 Å². The molecule has 11 heteroatoms. The summed E-state index contributed by atoms with van der Waals surface area (Å²) in [6, 6.07) is 13.2. The zero-order valence-electron chi connectivity index (χ0n) is 19.9. The zero-order valence-corrected chi connectivity index (χ0v) is 21.5. The Labute approximate surface area is 220 Å². The molecule has 0 unspecified atom stereocenters. The molecule has 0 bridgehead atoms. The second kappa shape index (κ2) is 10.9. The number of methoxy groups -OCH3 is 1. The molecule has 0 spiro atoms. The summed E-state index contributed by atoms with van der Waals surface area (Å²) in [7, 11) is -1.91. The molecule has 2 aromatic heterocycles. The maximum absolute atomic E-state index is 15.4. The SMILES string of the molecule is COc1nc(N(c2ccccc2Cl)[SH](=O)=O)c(F)cc1-c1ccc2nc(NC3CC[CH]CC3)ncc2c1. The number of aromatic nitrogens is 3. The average molecular weight is 541 g/mol. The minimum Gasteiger partial charge on any atom is -0.480 e. The Hall–Kier alpha value is -3.50. The van der Waals surface area contributed by atoms with Crippen molar-refractivity contribution in [1.82, 2.24) is 15.0 Å². The van der Waals surface area contributed by atoms with Gasteiger partial charge in [-0.05, 0) is 68.0 Å². The van der Waals surface area contributed by atoms with Gasteiger partial charge in [-0.1, -0.05) is 29.8 Å². The molecular weight excluding hydrogens is 517 g/mol. The molecule has 4 aromatic rings. The maximum Gasteiger partial charge on any atom is 0.230 e. The van der Waals surface area contributed by atoms with Gasteiger partial charge in [0.1, 0.15) is 0 Å². The summed E-state index contributed by atoms with van der Waals surface area (Å²) < 4.78 is 45.7. The third kappa shape index (κ3) is 5.30. The predicted molar refractivity (Wildman–Crippen MR) is 143 cm³/mol. The molecule has 8 nitrogen and oxygen atoms in total. The van der Waals surface area contributed by atoms with Crippen molar-refractivity contribution in [3.05, 3.63) is 72.0 Å². The first kappa shape index (κ1) is 25.2. The zero-order chi connectivity index (χ0) is 25.9. The highest BCUT2D eigenvalue weighted by Gasteiger charge is 2.24. The molecule has 5 rings (SSSR count). The van der Waals surface area contributed by atoms with E-state index in [1.165, 1.54) is 25.3 Å². The average Bonchev–Trinajstić information content (AvgIpc) is 2.90. The largest absolute Gasteiger partial charge is 0.480 e. The number of pyridine rings is 1. The van der Waals surface area contributed by atoms with E-state index in [9.17, 15) is 8.42 Å². The maximum atomic E-state index is 15.4. The van der Waals surface area contributed by atoms with Crippen molar-refractivity contribution in [2.45, 2.75) is 31.7 Å².